The summed E-state index contributed by atoms with van der Waals surface area (Å²) in [6.45, 7) is 4.88. The molecule has 1 aromatic carbocycles. The Bertz CT molecular complexity index is 519. The lowest BCUT2D eigenvalue weighted by Gasteiger charge is -2.18. The molecule has 2 aromatic rings. The van der Waals surface area contributed by atoms with Crippen LogP contribution in [-0.2, 0) is 0 Å². The van der Waals surface area contributed by atoms with Gasteiger partial charge in [0.05, 0.1) is 6.04 Å². The quantitative estimate of drug-likeness (QED) is 0.882. The predicted molar refractivity (Wildman–Crippen MR) is 83.4 cm³/mol. The maximum Gasteiger partial charge on any atom is 0.0647 e. The number of nitrogens with two attached hydrogens (primary N) is 1. The number of anilines is 1. The van der Waals surface area contributed by atoms with Crippen LogP contribution in [0, 0.1) is 13.8 Å². The molecule has 0 aliphatic carbocycles. The minimum atomic E-state index is 0.177. The molecule has 1 atom stereocenters. The van der Waals surface area contributed by atoms with Crippen molar-refractivity contribution in [2.75, 3.05) is 11.9 Å². The number of thiophene rings is 1. The van der Waals surface area contributed by atoms with Crippen LogP contribution in [0.25, 0.3) is 0 Å². The predicted octanol–water partition coefficient (Wildman–Crippen LogP) is 4.24. The van der Waals surface area contributed by atoms with E-state index in [4.69, 9.17) is 5.73 Å². The highest BCUT2D eigenvalue weighted by atomic mass is 79.9. The van der Waals surface area contributed by atoms with Gasteiger partial charge in [-0.05, 0) is 49.7 Å². The summed E-state index contributed by atoms with van der Waals surface area (Å²) < 4.78 is 1.08. The monoisotopic (exact) mass is 324 g/mol. The van der Waals surface area contributed by atoms with Gasteiger partial charge < -0.3 is 11.1 Å². The van der Waals surface area contributed by atoms with E-state index in [9.17, 15) is 0 Å². The fourth-order valence-corrected chi connectivity index (χ4v) is 3.26. The summed E-state index contributed by atoms with van der Waals surface area (Å²) in [7, 11) is 0. The third-order valence-electron chi connectivity index (χ3n) is 2.88. The van der Waals surface area contributed by atoms with Crippen molar-refractivity contribution in [3.63, 3.8) is 0 Å². The first-order valence-electron chi connectivity index (χ1n) is 5.89. The molecule has 0 spiro atoms. The van der Waals surface area contributed by atoms with Crippen LogP contribution in [0.1, 0.15) is 21.4 Å². The van der Waals surface area contributed by atoms with E-state index in [-0.39, 0.29) is 6.04 Å². The maximum absolute atomic E-state index is 5.89. The fourth-order valence-electron chi connectivity index (χ4n) is 2.01. The largest absolute Gasteiger partial charge is 0.377 e. The van der Waals surface area contributed by atoms with E-state index in [0.29, 0.717) is 6.54 Å². The van der Waals surface area contributed by atoms with Crippen molar-refractivity contribution in [1.29, 1.82) is 0 Å². The molecule has 2 nitrogen and oxygen atoms in total. The first kappa shape index (κ1) is 13.6. The first-order valence-corrected chi connectivity index (χ1v) is 7.50. The molecule has 0 saturated carbocycles. The van der Waals surface area contributed by atoms with Crippen LogP contribution < -0.4 is 11.1 Å². The fraction of sp³-hybridized carbons (Fsp3) is 0.286. The summed E-state index contributed by atoms with van der Waals surface area (Å²) >= 11 is 5.26. The normalized spacial score (nSPS) is 12.4. The van der Waals surface area contributed by atoms with Crippen LogP contribution in [0.3, 0.4) is 0 Å². The van der Waals surface area contributed by atoms with Gasteiger partial charge in [0.15, 0.2) is 0 Å². The number of nitrogens with one attached hydrogen (secondary N) is 1. The summed E-state index contributed by atoms with van der Waals surface area (Å²) in [5.41, 5.74) is 8.30. The average molecular weight is 325 g/mol. The van der Waals surface area contributed by atoms with E-state index in [0.717, 1.165) is 10.2 Å². The molecule has 0 radical (unpaired) electrons. The van der Waals surface area contributed by atoms with Crippen molar-refractivity contribution in [3.05, 3.63) is 50.1 Å². The van der Waals surface area contributed by atoms with Gasteiger partial charge in [0.1, 0.15) is 0 Å². The molecule has 2 rings (SSSR count). The van der Waals surface area contributed by atoms with Gasteiger partial charge in [0.2, 0.25) is 0 Å². The molecule has 0 fully saturated rings. The van der Waals surface area contributed by atoms with Crippen LogP contribution in [0.2, 0.25) is 0 Å². The van der Waals surface area contributed by atoms with E-state index in [2.05, 4.69) is 53.3 Å². The molecule has 96 valence electrons. The van der Waals surface area contributed by atoms with Crippen LogP contribution in [0.15, 0.2) is 34.8 Å². The van der Waals surface area contributed by atoms with E-state index >= 15 is 0 Å². The third kappa shape index (κ3) is 3.13. The molecular formula is C14H17BrN2S. The minimum Gasteiger partial charge on any atom is -0.377 e. The van der Waals surface area contributed by atoms with Gasteiger partial charge in [-0.25, -0.2) is 0 Å². The molecule has 3 N–H and O–H groups in total. The number of aryl methyl sites for hydroxylation is 2. The Morgan fingerprint density at radius 3 is 2.44 bits per heavy atom. The Hall–Kier alpha value is -0.840. The number of hydrogen-bond acceptors (Lipinski definition) is 3. The lowest BCUT2D eigenvalue weighted by molar-refractivity contribution is 0.788. The van der Waals surface area contributed by atoms with Gasteiger partial charge in [-0.15, -0.1) is 11.3 Å². The van der Waals surface area contributed by atoms with Crippen molar-refractivity contribution >= 4 is 33.0 Å². The first-order chi connectivity index (χ1) is 8.60. The topological polar surface area (TPSA) is 38.0 Å². The van der Waals surface area contributed by atoms with Crippen molar-refractivity contribution in [1.82, 2.24) is 0 Å². The van der Waals surface area contributed by atoms with Crippen LogP contribution >= 0.6 is 27.3 Å². The summed E-state index contributed by atoms with van der Waals surface area (Å²) in [5, 5.41) is 3.49. The van der Waals surface area contributed by atoms with Gasteiger partial charge in [-0.1, -0.05) is 15.9 Å². The Kier molecular flexibility index (Phi) is 4.43. The Morgan fingerprint density at radius 2 is 1.94 bits per heavy atom. The minimum absolute atomic E-state index is 0.177. The summed E-state index contributed by atoms with van der Waals surface area (Å²) in [4.78, 5) is 2.67. The van der Waals surface area contributed by atoms with Crippen LogP contribution in [0.5, 0.6) is 0 Å². The molecule has 4 heteroatoms. The highest BCUT2D eigenvalue weighted by molar-refractivity contribution is 9.10. The van der Waals surface area contributed by atoms with Gasteiger partial charge in [-0.2, -0.15) is 0 Å². The molecule has 1 unspecified atom stereocenters. The van der Waals surface area contributed by atoms with Gasteiger partial charge in [0, 0.05) is 26.5 Å². The van der Waals surface area contributed by atoms with Crippen molar-refractivity contribution in [2.24, 2.45) is 5.73 Å². The molecule has 0 aliphatic heterocycles. The summed E-state index contributed by atoms with van der Waals surface area (Å²) in [6.07, 6.45) is 0. The second-order valence-corrected chi connectivity index (χ2v) is 6.68. The van der Waals surface area contributed by atoms with Crippen LogP contribution in [-0.4, -0.2) is 6.54 Å². The Morgan fingerprint density at radius 1 is 1.28 bits per heavy atom. The Balaban J connectivity index is 2.19. The molecule has 0 bridgehead atoms. The molecule has 18 heavy (non-hydrogen) atoms. The van der Waals surface area contributed by atoms with Crippen molar-refractivity contribution in [2.45, 2.75) is 19.9 Å². The second-order valence-electron chi connectivity index (χ2n) is 4.31. The van der Waals surface area contributed by atoms with E-state index < -0.39 is 0 Å². The van der Waals surface area contributed by atoms with Gasteiger partial charge in [-0.3, -0.25) is 0 Å². The molecule has 0 amide bonds. The lowest BCUT2D eigenvalue weighted by Crippen LogP contribution is -2.20. The van der Waals surface area contributed by atoms with E-state index in [1.54, 1.807) is 0 Å². The number of benzene rings is 1. The highest BCUT2D eigenvalue weighted by Gasteiger charge is 2.14. The molecule has 1 aromatic heterocycles. The summed E-state index contributed by atoms with van der Waals surface area (Å²) in [5.74, 6) is 0. The van der Waals surface area contributed by atoms with Crippen molar-refractivity contribution in [3.8, 4) is 0 Å². The standard InChI is InChI=1S/C14H17BrN2S/c1-9-7-13(10(2)18-9)14(8-16)17-12-5-3-11(15)4-6-12/h3-7,14,17H,8,16H2,1-2H3. The number of halogens is 1. The van der Waals surface area contributed by atoms with E-state index in [1.165, 1.54) is 15.3 Å². The zero-order chi connectivity index (χ0) is 13.1. The van der Waals surface area contributed by atoms with Crippen molar-refractivity contribution < 1.29 is 0 Å². The number of rotatable bonds is 4. The summed E-state index contributed by atoms with van der Waals surface area (Å²) in [6, 6.07) is 10.6. The van der Waals surface area contributed by atoms with E-state index in [1.807, 2.05) is 23.5 Å². The molecule has 0 saturated heterocycles. The second kappa shape index (κ2) is 5.87. The smallest absolute Gasteiger partial charge is 0.0647 e. The Labute approximate surface area is 120 Å². The molecule has 0 aliphatic rings. The molecule has 1 heterocycles. The maximum atomic E-state index is 5.89. The van der Waals surface area contributed by atoms with Gasteiger partial charge >= 0.3 is 0 Å². The zero-order valence-electron chi connectivity index (χ0n) is 10.5. The third-order valence-corrected chi connectivity index (χ3v) is 4.39. The SMILES string of the molecule is Cc1cc(C(CN)Nc2ccc(Br)cc2)c(C)s1. The zero-order valence-corrected chi connectivity index (χ0v) is 12.9. The molecular weight excluding hydrogens is 308 g/mol. The average Bonchev–Trinajstić information content (AvgIpc) is 2.68. The van der Waals surface area contributed by atoms with Crippen LogP contribution in [0.4, 0.5) is 5.69 Å². The lowest BCUT2D eigenvalue weighted by atomic mass is 10.1. The highest BCUT2D eigenvalue weighted by Crippen LogP contribution is 2.28. The van der Waals surface area contributed by atoms with Gasteiger partial charge in [0.25, 0.3) is 0 Å². The number of hydrogen-bond donors (Lipinski definition) is 2.